The summed E-state index contributed by atoms with van der Waals surface area (Å²) in [5.41, 5.74) is 7.95. The number of nitrogens with one attached hydrogen (secondary N) is 2. The lowest BCUT2D eigenvalue weighted by Gasteiger charge is -2.09. The van der Waals surface area contributed by atoms with E-state index < -0.39 is 0 Å². The molecule has 0 fully saturated rings. The second kappa shape index (κ2) is 12.3. The number of methoxy groups -OCH3 is 1. The van der Waals surface area contributed by atoms with Gasteiger partial charge in [0.1, 0.15) is 0 Å². The van der Waals surface area contributed by atoms with Gasteiger partial charge in [0.05, 0.1) is 13.7 Å². The molecule has 4 N–H and O–H groups in total. The van der Waals surface area contributed by atoms with Crippen LogP contribution in [-0.2, 0) is 11.3 Å². The highest BCUT2D eigenvalue weighted by atomic mass is 16.5. The van der Waals surface area contributed by atoms with Crippen molar-refractivity contribution >= 4 is 17.9 Å². The zero-order valence-electron chi connectivity index (χ0n) is 17.4. The van der Waals surface area contributed by atoms with Gasteiger partial charge >= 0.3 is 0 Å². The van der Waals surface area contributed by atoms with Crippen molar-refractivity contribution in [3.05, 3.63) is 65.2 Å². The van der Waals surface area contributed by atoms with Gasteiger partial charge < -0.3 is 25.8 Å². The molecule has 0 aliphatic heterocycles. The number of carbonyl (C=O) groups excluding carboxylic acids is 2. The summed E-state index contributed by atoms with van der Waals surface area (Å²) < 4.78 is 10.8. The molecule has 2 aromatic carbocycles. The Labute approximate surface area is 177 Å². The van der Waals surface area contributed by atoms with Gasteiger partial charge in [-0.25, -0.2) is 0 Å². The monoisotopic (exact) mass is 411 g/mol. The quantitative estimate of drug-likeness (QED) is 0.389. The number of nitrogens with two attached hydrogens (primary N) is 1. The van der Waals surface area contributed by atoms with Crippen LogP contribution in [0.15, 0.2) is 48.5 Å². The molecule has 0 spiro atoms. The Morgan fingerprint density at radius 3 is 2.43 bits per heavy atom. The summed E-state index contributed by atoms with van der Waals surface area (Å²) >= 11 is 0. The fourth-order valence-electron chi connectivity index (χ4n) is 2.69. The molecule has 0 aliphatic rings. The Balaban J connectivity index is 1.71. The normalized spacial score (nSPS) is 10.6. The molecule has 2 aromatic rings. The van der Waals surface area contributed by atoms with Crippen molar-refractivity contribution in [3.8, 4) is 11.5 Å². The molecule has 2 amide bonds. The Morgan fingerprint density at radius 1 is 1.03 bits per heavy atom. The number of amides is 2. The number of carbonyl (C=O) groups is 2. The first-order chi connectivity index (χ1) is 14.6. The SMILES string of the molecule is CCOc1ccc(/C=C/C(=O)NCCCNC(=O)c2ccc(CN)cc2)cc1OC. The summed E-state index contributed by atoms with van der Waals surface area (Å²) in [6, 6.07) is 12.6. The lowest BCUT2D eigenvalue weighted by atomic mass is 10.1. The molecule has 0 unspecified atom stereocenters. The standard InChI is InChI=1S/C23H29N3O4/c1-3-30-20-11-7-17(15-21(20)29-2)8-12-22(27)25-13-4-14-26-23(28)19-9-5-18(16-24)6-10-19/h5-12,15H,3-4,13-14,16,24H2,1-2H3,(H,25,27)(H,26,28)/b12-8+. The van der Waals surface area contributed by atoms with Gasteiger partial charge in [0, 0.05) is 31.3 Å². The van der Waals surface area contributed by atoms with Gasteiger partial charge in [-0.15, -0.1) is 0 Å². The maximum atomic E-state index is 12.1. The van der Waals surface area contributed by atoms with Crippen LogP contribution in [0.3, 0.4) is 0 Å². The molecule has 2 rings (SSSR count). The summed E-state index contributed by atoms with van der Waals surface area (Å²) in [4.78, 5) is 24.0. The van der Waals surface area contributed by atoms with E-state index in [0.29, 0.717) is 49.7 Å². The Kier molecular flexibility index (Phi) is 9.40. The van der Waals surface area contributed by atoms with Crippen LogP contribution in [-0.4, -0.2) is 38.6 Å². The van der Waals surface area contributed by atoms with Gasteiger partial charge in [-0.2, -0.15) is 0 Å². The lowest BCUT2D eigenvalue weighted by Crippen LogP contribution is -2.29. The molecular weight excluding hydrogens is 382 g/mol. The minimum atomic E-state index is -0.202. The largest absolute Gasteiger partial charge is 0.493 e. The van der Waals surface area contributed by atoms with Crippen molar-refractivity contribution in [2.45, 2.75) is 19.9 Å². The molecule has 0 saturated carbocycles. The number of ether oxygens (including phenoxy) is 2. The smallest absolute Gasteiger partial charge is 0.251 e. The molecule has 0 aromatic heterocycles. The van der Waals surface area contributed by atoms with E-state index in [-0.39, 0.29) is 11.8 Å². The molecule has 0 aliphatic carbocycles. The van der Waals surface area contributed by atoms with E-state index >= 15 is 0 Å². The van der Waals surface area contributed by atoms with Crippen molar-refractivity contribution in [1.82, 2.24) is 10.6 Å². The average molecular weight is 412 g/mol. The highest BCUT2D eigenvalue weighted by Gasteiger charge is 2.05. The molecule has 160 valence electrons. The van der Waals surface area contributed by atoms with E-state index in [2.05, 4.69) is 10.6 Å². The van der Waals surface area contributed by atoms with Crippen LogP contribution >= 0.6 is 0 Å². The minimum absolute atomic E-state index is 0.144. The molecule has 0 atom stereocenters. The van der Waals surface area contributed by atoms with E-state index in [1.165, 1.54) is 6.08 Å². The zero-order valence-corrected chi connectivity index (χ0v) is 17.4. The molecule has 0 bridgehead atoms. The molecule has 0 radical (unpaired) electrons. The maximum Gasteiger partial charge on any atom is 0.251 e. The van der Waals surface area contributed by atoms with Crippen LogP contribution < -0.4 is 25.8 Å². The highest BCUT2D eigenvalue weighted by Crippen LogP contribution is 2.28. The molecule has 7 nitrogen and oxygen atoms in total. The predicted molar refractivity (Wildman–Crippen MR) is 117 cm³/mol. The summed E-state index contributed by atoms with van der Waals surface area (Å²) in [6.07, 6.45) is 3.80. The van der Waals surface area contributed by atoms with Crippen molar-refractivity contribution in [2.24, 2.45) is 5.73 Å². The Bertz CT molecular complexity index is 863. The van der Waals surface area contributed by atoms with Crippen LogP contribution in [0, 0.1) is 0 Å². The van der Waals surface area contributed by atoms with E-state index in [9.17, 15) is 9.59 Å². The van der Waals surface area contributed by atoms with Crippen molar-refractivity contribution in [3.63, 3.8) is 0 Å². The minimum Gasteiger partial charge on any atom is -0.493 e. The first-order valence-corrected chi connectivity index (χ1v) is 9.91. The third-order valence-corrected chi connectivity index (χ3v) is 4.30. The number of hydrogen-bond acceptors (Lipinski definition) is 5. The third-order valence-electron chi connectivity index (χ3n) is 4.30. The first kappa shape index (κ1) is 23.0. The van der Waals surface area contributed by atoms with Crippen LogP contribution in [0.1, 0.15) is 34.8 Å². The topological polar surface area (TPSA) is 103 Å². The summed E-state index contributed by atoms with van der Waals surface area (Å²) in [6.45, 7) is 3.83. The van der Waals surface area contributed by atoms with Crippen LogP contribution in [0.25, 0.3) is 6.08 Å². The highest BCUT2D eigenvalue weighted by molar-refractivity contribution is 5.94. The van der Waals surface area contributed by atoms with Crippen molar-refractivity contribution < 1.29 is 19.1 Å². The van der Waals surface area contributed by atoms with Gasteiger partial charge in [-0.05, 0) is 54.8 Å². The third kappa shape index (κ3) is 7.25. The average Bonchev–Trinajstić information content (AvgIpc) is 2.78. The number of hydrogen-bond donors (Lipinski definition) is 3. The maximum absolute atomic E-state index is 12.1. The van der Waals surface area contributed by atoms with Gasteiger partial charge in [-0.1, -0.05) is 18.2 Å². The zero-order chi connectivity index (χ0) is 21.8. The summed E-state index contributed by atoms with van der Waals surface area (Å²) in [5, 5.41) is 5.63. The number of benzene rings is 2. The first-order valence-electron chi connectivity index (χ1n) is 9.91. The fraction of sp³-hybridized carbons (Fsp3) is 0.304. The van der Waals surface area contributed by atoms with Crippen molar-refractivity contribution in [2.75, 3.05) is 26.8 Å². The van der Waals surface area contributed by atoms with E-state index in [0.717, 1.165) is 11.1 Å². The van der Waals surface area contributed by atoms with Crippen LogP contribution in [0.2, 0.25) is 0 Å². The number of rotatable bonds is 11. The summed E-state index contributed by atoms with van der Waals surface area (Å²) in [5.74, 6) is 0.938. The molecule has 0 saturated heterocycles. The van der Waals surface area contributed by atoms with E-state index in [1.807, 2.05) is 37.3 Å². The van der Waals surface area contributed by atoms with Gasteiger partial charge in [-0.3, -0.25) is 9.59 Å². The molecule has 0 heterocycles. The van der Waals surface area contributed by atoms with Crippen molar-refractivity contribution in [1.29, 1.82) is 0 Å². The van der Waals surface area contributed by atoms with Crippen LogP contribution in [0.5, 0.6) is 11.5 Å². The van der Waals surface area contributed by atoms with Gasteiger partial charge in [0.2, 0.25) is 5.91 Å². The lowest BCUT2D eigenvalue weighted by molar-refractivity contribution is -0.116. The Hall–Kier alpha value is -3.32. The molecule has 7 heteroatoms. The second-order valence-corrected chi connectivity index (χ2v) is 6.48. The molecular formula is C23H29N3O4. The van der Waals surface area contributed by atoms with Gasteiger partial charge in [0.25, 0.3) is 5.91 Å². The fourth-order valence-corrected chi connectivity index (χ4v) is 2.69. The van der Waals surface area contributed by atoms with Gasteiger partial charge in [0.15, 0.2) is 11.5 Å². The van der Waals surface area contributed by atoms with E-state index in [1.54, 1.807) is 25.3 Å². The predicted octanol–water partition coefficient (Wildman–Crippen LogP) is 2.50. The Morgan fingerprint density at radius 2 is 1.77 bits per heavy atom. The molecule has 30 heavy (non-hydrogen) atoms. The van der Waals surface area contributed by atoms with Crippen LogP contribution in [0.4, 0.5) is 0 Å². The second-order valence-electron chi connectivity index (χ2n) is 6.48. The van der Waals surface area contributed by atoms with E-state index in [4.69, 9.17) is 15.2 Å². The summed E-state index contributed by atoms with van der Waals surface area (Å²) in [7, 11) is 1.58.